The second-order valence-electron chi connectivity index (χ2n) is 6.40. The zero-order valence-corrected chi connectivity index (χ0v) is 18.0. The van der Waals surface area contributed by atoms with E-state index in [0.29, 0.717) is 34.8 Å². The smallest absolute Gasteiger partial charge is 0.232 e. The fourth-order valence-corrected chi connectivity index (χ4v) is 3.79. The molecule has 0 unspecified atom stereocenters. The first-order chi connectivity index (χ1) is 14.6. The van der Waals surface area contributed by atoms with Gasteiger partial charge in [-0.2, -0.15) is 0 Å². The number of para-hydroxylation sites is 1. The van der Waals surface area contributed by atoms with Crippen LogP contribution in [-0.4, -0.2) is 32.3 Å². The van der Waals surface area contributed by atoms with Gasteiger partial charge < -0.3 is 15.2 Å². The number of anilines is 1. The summed E-state index contributed by atoms with van der Waals surface area (Å²) in [5, 5.41) is 15.0. The van der Waals surface area contributed by atoms with Gasteiger partial charge in [-0.05, 0) is 24.6 Å². The summed E-state index contributed by atoms with van der Waals surface area (Å²) in [5.74, 6) is 0.431. The summed E-state index contributed by atoms with van der Waals surface area (Å²) in [6.45, 7) is 3.02. The molecule has 1 heterocycles. The molecule has 0 saturated heterocycles. The summed E-state index contributed by atoms with van der Waals surface area (Å²) in [7, 11) is 0. The Kier molecular flexibility index (Phi) is 7.87. The van der Waals surface area contributed by atoms with E-state index in [2.05, 4.69) is 20.8 Å². The minimum Gasteiger partial charge on any atom is -0.351 e. The van der Waals surface area contributed by atoms with E-state index in [1.54, 1.807) is 24.3 Å². The van der Waals surface area contributed by atoms with Crippen LogP contribution in [0.3, 0.4) is 0 Å². The number of benzene rings is 2. The number of aromatic nitrogens is 3. The highest BCUT2D eigenvalue weighted by atomic mass is 35.5. The van der Waals surface area contributed by atoms with E-state index in [1.165, 1.54) is 11.8 Å². The van der Waals surface area contributed by atoms with Gasteiger partial charge in [-0.1, -0.05) is 65.8 Å². The van der Waals surface area contributed by atoms with Crippen LogP contribution in [0.4, 0.5) is 5.69 Å². The number of hydrogen-bond donors (Lipinski definition) is 2. The molecule has 0 bridgehead atoms. The molecule has 3 rings (SSSR count). The number of nitrogens with one attached hydrogen (secondary N) is 2. The van der Waals surface area contributed by atoms with Crippen LogP contribution in [0, 0.1) is 0 Å². The first kappa shape index (κ1) is 21.9. The van der Waals surface area contributed by atoms with Crippen molar-refractivity contribution in [1.29, 1.82) is 0 Å². The van der Waals surface area contributed by atoms with E-state index >= 15 is 0 Å². The van der Waals surface area contributed by atoms with Crippen LogP contribution in [0.2, 0.25) is 5.02 Å². The van der Waals surface area contributed by atoms with Gasteiger partial charge in [0.1, 0.15) is 5.82 Å². The van der Waals surface area contributed by atoms with Crippen molar-refractivity contribution >= 4 is 40.9 Å². The highest BCUT2D eigenvalue weighted by molar-refractivity contribution is 7.99. The van der Waals surface area contributed by atoms with Crippen LogP contribution in [0.25, 0.3) is 0 Å². The van der Waals surface area contributed by atoms with Crippen LogP contribution in [-0.2, 0) is 29.1 Å². The van der Waals surface area contributed by atoms with Gasteiger partial charge in [0.05, 0.1) is 22.9 Å². The second-order valence-corrected chi connectivity index (χ2v) is 7.75. The topological polar surface area (TPSA) is 88.9 Å². The van der Waals surface area contributed by atoms with Crippen molar-refractivity contribution in [3.8, 4) is 0 Å². The molecule has 0 aliphatic rings. The Hall–Kier alpha value is -2.84. The predicted octanol–water partition coefficient (Wildman–Crippen LogP) is 3.54. The summed E-state index contributed by atoms with van der Waals surface area (Å²) in [6.07, 6.45) is 0.0623. The molecule has 0 radical (unpaired) electrons. The van der Waals surface area contributed by atoms with Crippen molar-refractivity contribution in [2.24, 2.45) is 0 Å². The molecule has 2 amide bonds. The van der Waals surface area contributed by atoms with E-state index in [4.69, 9.17) is 11.6 Å². The van der Waals surface area contributed by atoms with Crippen molar-refractivity contribution in [2.45, 2.75) is 31.6 Å². The molecule has 2 aromatic carbocycles. The lowest BCUT2D eigenvalue weighted by molar-refractivity contribution is -0.118. The number of carbonyl (C=O) groups is 2. The third-order valence-electron chi connectivity index (χ3n) is 4.24. The van der Waals surface area contributed by atoms with Gasteiger partial charge in [-0.15, -0.1) is 10.2 Å². The number of thioether (sulfide) groups is 1. The molecule has 0 fully saturated rings. The Morgan fingerprint density at radius 1 is 1.03 bits per heavy atom. The van der Waals surface area contributed by atoms with E-state index < -0.39 is 0 Å². The maximum atomic E-state index is 12.4. The van der Waals surface area contributed by atoms with Crippen LogP contribution < -0.4 is 10.6 Å². The van der Waals surface area contributed by atoms with Gasteiger partial charge in [-0.25, -0.2) is 0 Å². The second kappa shape index (κ2) is 10.8. The third-order valence-corrected chi connectivity index (χ3v) is 5.54. The molecule has 0 atom stereocenters. The molecule has 156 valence electrons. The molecule has 3 aromatic rings. The number of halogens is 1. The quantitative estimate of drug-likeness (QED) is 0.494. The fraction of sp³-hybridized carbons (Fsp3) is 0.238. The maximum Gasteiger partial charge on any atom is 0.232 e. The number of nitrogens with zero attached hydrogens (tertiary/aromatic N) is 3. The zero-order chi connectivity index (χ0) is 21.3. The first-order valence-electron chi connectivity index (χ1n) is 9.46. The van der Waals surface area contributed by atoms with Crippen LogP contribution in [0.1, 0.15) is 18.3 Å². The lowest BCUT2D eigenvalue weighted by Crippen LogP contribution is -2.24. The molecule has 9 heteroatoms. The summed E-state index contributed by atoms with van der Waals surface area (Å²) in [4.78, 5) is 24.5. The first-order valence-corrected chi connectivity index (χ1v) is 10.8. The average Bonchev–Trinajstić information content (AvgIpc) is 3.14. The average molecular weight is 444 g/mol. The van der Waals surface area contributed by atoms with E-state index in [1.807, 2.05) is 41.8 Å². The minimum absolute atomic E-state index is 0.0623. The molecule has 2 N–H and O–H groups in total. The molecule has 0 spiro atoms. The number of carbonyl (C=O) groups excluding carboxylic acids is 2. The molecule has 0 aliphatic heterocycles. The van der Waals surface area contributed by atoms with Crippen molar-refractivity contribution in [3.63, 3.8) is 0 Å². The Labute approximate surface area is 184 Å². The molecule has 7 nitrogen and oxygen atoms in total. The summed E-state index contributed by atoms with van der Waals surface area (Å²) in [5.41, 5.74) is 1.59. The van der Waals surface area contributed by atoms with Crippen molar-refractivity contribution < 1.29 is 9.59 Å². The van der Waals surface area contributed by atoms with Gasteiger partial charge in [0, 0.05) is 13.1 Å². The number of amides is 2. The van der Waals surface area contributed by atoms with E-state index in [9.17, 15) is 9.59 Å². The van der Waals surface area contributed by atoms with Crippen molar-refractivity contribution in [3.05, 3.63) is 71.0 Å². The molecular weight excluding hydrogens is 422 g/mol. The van der Waals surface area contributed by atoms with Gasteiger partial charge in [0.25, 0.3) is 0 Å². The molecular formula is C21H22ClN5O2S. The van der Waals surface area contributed by atoms with Crippen molar-refractivity contribution in [2.75, 3.05) is 11.1 Å². The molecule has 0 aliphatic carbocycles. The lowest BCUT2D eigenvalue weighted by Gasteiger charge is -2.09. The highest BCUT2D eigenvalue weighted by Crippen LogP contribution is 2.21. The Morgan fingerprint density at radius 2 is 1.77 bits per heavy atom. The summed E-state index contributed by atoms with van der Waals surface area (Å²) in [6, 6.07) is 16.8. The Bertz CT molecular complexity index is 1010. The third kappa shape index (κ3) is 6.08. The predicted molar refractivity (Wildman–Crippen MR) is 118 cm³/mol. The maximum absolute atomic E-state index is 12.4. The largest absolute Gasteiger partial charge is 0.351 e. The van der Waals surface area contributed by atoms with Crippen LogP contribution in [0.15, 0.2) is 59.8 Å². The minimum atomic E-state index is -0.234. The molecule has 0 saturated carbocycles. The summed E-state index contributed by atoms with van der Waals surface area (Å²) < 4.78 is 1.83. The van der Waals surface area contributed by atoms with Crippen LogP contribution >= 0.6 is 23.4 Å². The number of hydrogen-bond acceptors (Lipinski definition) is 5. The van der Waals surface area contributed by atoms with Gasteiger partial charge in [0.15, 0.2) is 5.16 Å². The number of rotatable bonds is 9. The Morgan fingerprint density at radius 3 is 2.50 bits per heavy atom. The standard InChI is InChI=1S/C21H22ClN5O2S/c1-2-27-18(12-19(28)24-17-11-7-6-10-16(17)22)25-26-21(27)30-14-20(29)23-13-15-8-4-3-5-9-15/h3-11H,2,12-14H2,1H3,(H,23,29)(H,24,28). The normalized spacial score (nSPS) is 10.6. The summed E-state index contributed by atoms with van der Waals surface area (Å²) >= 11 is 7.37. The zero-order valence-electron chi connectivity index (χ0n) is 16.5. The van der Waals surface area contributed by atoms with Gasteiger partial charge >= 0.3 is 0 Å². The van der Waals surface area contributed by atoms with Crippen molar-refractivity contribution in [1.82, 2.24) is 20.1 Å². The van der Waals surface area contributed by atoms with Crippen LogP contribution in [0.5, 0.6) is 0 Å². The monoisotopic (exact) mass is 443 g/mol. The SMILES string of the molecule is CCn1c(CC(=O)Nc2ccccc2Cl)nnc1SCC(=O)NCc1ccccc1. The fourth-order valence-electron chi connectivity index (χ4n) is 2.75. The van der Waals surface area contributed by atoms with E-state index in [0.717, 1.165) is 5.56 Å². The lowest BCUT2D eigenvalue weighted by atomic mass is 10.2. The molecule has 1 aromatic heterocycles. The molecule has 30 heavy (non-hydrogen) atoms. The van der Waals surface area contributed by atoms with E-state index in [-0.39, 0.29) is 24.0 Å². The highest BCUT2D eigenvalue weighted by Gasteiger charge is 2.16. The van der Waals surface area contributed by atoms with Gasteiger partial charge in [0.2, 0.25) is 11.8 Å². The Balaban J connectivity index is 1.54. The van der Waals surface area contributed by atoms with Gasteiger partial charge in [-0.3, -0.25) is 9.59 Å².